The average Bonchev–Trinajstić information content (AvgIpc) is 2.36. The minimum Gasteiger partial charge on any atom is -0.493 e. The van der Waals surface area contributed by atoms with E-state index in [1.807, 2.05) is 13.8 Å². The van der Waals surface area contributed by atoms with Crippen LogP contribution in [0.2, 0.25) is 0 Å². The smallest absolute Gasteiger partial charge is 0.325 e. The van der Waals surface area contributed by atoms with Gasteiger partial charge in [-0.15, -0.1) is 0 Å². The van der Waals surface area contributed by atoms with E-state index >= 15 is 0 Å². The predicted octanol–water partition coefficient (Wildman–Crippen LogP) is 1.83. The highest BCUT2D eigenvalue weighted by Gasteiger charge is 2.20. The van der Waals surface area contributed by atoms with Gasteiger partial charge in [0.1, 0.15) is 6.04 Å². The summed E-state index contributed by atoms with van der Waals surface area (Å²) in [6.07, 6.45) is 0. The molecule has 100 valence electrons. The van der Waals surface area contributed by atoms with E-state index in [1.54, 1.807) is 25.3 Å². The molecule has 1 atom stereocenters. The van der Waals surface area contributed by atoms with Gasteiger partial charge in [0.25, 0.3) is 0 Å². The van der Waals surface area contributed by atoms with Crippen LogP contribution in [0.5, 0.6) is 11.5 Å². The van der Waals surface area contributed by atoms with Crippen LogP contribution >= 0.6 is 0 Å². The molecule has 0 fully saturated rings. The number of hydrogen-bond donors (Lipinski definition) is 2. The quantitative estimate of drug-likeness (QED) is 0.776. The fourth-order valence-corrected chi connectivity index (χ4v) is 1.69. The first-order chi connectivity index (χ1) is 8.63. The first-order valence-electron chi connectivity index (χ1n) is 5.90. The van der Waals surface area contributed by atoms with Gasteiger partial charge in [-0.1, -0.05) is 13.0 Å². The number of likely N-dealkylation sites (N-methyl/N-ethyl adjacent to an activating group) is 1. The van der Waals surface area contributed by atoms with E-state index in [0.717, 1.165) is 0 Å². The number of nitrogens with one attached hydrogen (secondary N) is 1. The number of hydrogen-bond acceptors (Lipinski definition) is 4. The SMILES string of the molecule is CCNC(C(=O)O)c1ccc(OC)c(OCC)c1. The first-order valence-corrected chi connectivity index (χ1v) is 5.90. The second-order valence-electron chi connectivity index (χ2n) is 3.67. The van der Waals surface area contributed by atoms with Crippen LogP contribution in [0.1, 0.15) is 25.5 Å². The summed E-state index contributed by atoms with van der Waals surface area (Å²) >= 11 is 0. The van der Waals surface area contributed by atoms with Crippen molar-refractivity contribution in [3.05, 3.63) is 23.8 Å². The van der Waals surface area contributed by atoms with Gasteiger partial charge in [0.15, 0.2) is 11.5 Å². The van der Waals surface area contributed by atoms with E-state index in [9.17, 15) is 9.90 Å². The molecule has 0 saturated carbocycles. The van der Waals surface area contributed by atoms with Gasteiger partial charge in [0.05, 0.1) is 13.7 Å². The Morgan fingerprint density at radius 1 is 1.39 bits per heavy atom. The molecule has 1 unspecified atom stereocenters. The maximum atomic E-state index is 11.2. The molecule has 0 radical (unpaired) electrons. The molecule has 0 aliphatic heterocycles. The number of carboxylic acids is 1. The molecule has 0 aliphatic carbocycles. The van der Waals surface area contributed by atoms with Crippen molar-refractivity contribution in [3.63, 3.8) is 0 Å². The Morgan fingerprint density at radius 2 is 2.11 bits per heavy atom. The lowest BCUT2D eigenvalue weighted by molar-refractivity contribution is -0.139. The average molecular weight is 253 g/mol. The molecule has 0 spiro atoms. The maximum Gasteiger partial charge on any atom is 0.325 e. The molecule has 5 heteroatoms. The number of ether oxygens (including phenoxy) is 2. The van der Waals surface area contributed by atoms with Gasteiger partial charge < -0.3 is 19.9 Å². The third-order valence-corrected chi connectivity index (χ3v) is 2.48. The van der Waals surface area contributed by atoms with Crippen molar-refractivity contribution in [2.45, 2.75) is 19.9 Å². The van der Waals surface area contributed by atoms with Crippen molar-refractivity contribution in [2.75, 3.05) is 20.3 Å². The third kappa shape index (κ3) is 3.37. The molecule has 0 amide bonds. The predicted molar refractivity (Wildman–Crippen MR) is 68.2 cm³/mol. The fraction of sp³-hybridized carbons (Fsp3) is 0.462. The van der Waals surface area contributed by atoms with E-state index in [-0.39, 0.29) is 0 Å². The molecule has 0 saturated heterocycles. The van der Waals surface area contributed by atoms with Gasteiger partial charge in [0.2, 0.25) is 0 Å². The van der Waals surface area contributed by atoms with Gasteiger partial charge in [0, 0.05) is 0 Å². The molecular weight excluding hydrogens is 234 g/mol. The Kier molecular flexibility index (Phi) is 5.45. The van der Waals surface area contributed by atoms with Gasteiger partial charge >= 0.3 is 5.97 Å². The van der Waals surface area contributed by atoms with E-state index in [4.69, 9.17) is 9.47 Å². The van der Waals surface area contributed by atoms with Crippen LogP contribution in [0, 0.1) is 0 Å². The molecule has 0 bridgehead atoms. The van der Waals surface area contributed by atoms with Gasteiger partial charge in [-0.3, -0.25) is 4.79 Å². The molecule has 1 rings (SSSR count). The fourth-order valence-electron chi connectivity index (χ4n) is 1.69. The normalized spacial score (nSPS) is 11.9. The van der Waals surface area contributed by atoms with Crippen LogP contribution < -0.4 is 14.8 Å². The lowest BCUT2D eigenvalue weighted by atomic mass is 10.1. The second-order valence-corrected chi connectivity index (χ2v) is 3.67. The Bertz CT molecular complexity index is 406. The summed E-state index contributed by atoms with van der Waals surface area (Å²) in [6.45, 7) is 4.81. The van der Waals surface area contributed by atoms with E-state index in [0.29, 0.717) is 30.2 Å². The summed E-state index contributed by atoms with van der Waals surface area (Å²) < 4.78 is 10.6. The molecule has 5 nitrogen and oxygen atoms in total. The van der Waals surface area contributed by atoms with E-state index in [2.05, 4.69) is 5.32 Å². The highest BCUT2D eigenvalue weighted by atomic mass is 16.5. The van der Waals surface area contributed by atoms with Gasteiger partial charge in [-0.05, 0) is 31.2 Å². The maximum absolute atomic E-state index is 11.2. The minimum absolute atomic E-state index is 0.499. The second kappa shape index (κ2) is 6.86. The Labute approximate surface area is 107 Å². The molecule has 1 aromatic rings. The van der Waals surface area contributed by atoms with Crippen LogP contribution in [0.15, 0.2) is 18.2 Å². The van der Waals surface area contributed by atoms with Crippen molar-refractivity contribution in [1.82, 2.24) is 5.32 Å². The molecular formula is C13H19NO4. The Hall–Kier alpha value is -1.75. The van der Waals surface area contributed by atoms with Gasteiger partial charge in [-0.2, -0.15) is 0 Å². The summed E-state index contributed by atoms with van der Waals surface area (Å²) in [7, 11) is 1.55. The summed E-state index contributed by atoms with van der Waals surface area (Å²) in [6, 6.07) is 4.40. The number of aliphatic carboxylic acids is 1. The van der Waals surface area contributed by atoms with Crippen LogP contribution in [-0.4, -0.2) is 31.3 Å². The molecule has 1 aromatic carbocycles. The molecule has 0 heterocycles. The van der Waals surface area contributed by atoms with Crippen molar-refractivity contribution in [3.8, 4) is 11.5 Å². The van der Waals surface area contributed by atoms with Crippen LogP contribution in [0.4, 0.5) is 0 Å². The molecule has 2 N–H and O–H groups in total. The number of carboxylic acid groups (broad SMARTS) is 1. The Morgan fingerprint density at radius 3 is 2.61 bits per heavy atom. The van der Waals surface area contributed by atoms with Crippen molar-refractivity contribution in [1.29, 1.82) is 0 Å². The van der Waals surface area contributed by atoms with Crippen LogP contribution in [0.3, 0.4) is 0 Å². The highest BCUT2D eigenvalue weighted by Crippen LogP contribution is 2.30. The summed E-state index contributed by atoms with van der Waals surface area (Å²) in [5.74, 6) is 0.243. The Balaban J connectivity index is 3.08. The number of methoxy groups -OCH3 is 1. The first kappa shape index (κ1) is 14.3. The zero-order valence-electron chi connectivity index (χ0n) is 10.9. The van der Waals surface area contributed by atoms with Crippen molar-refractivity contribution >= 4 is 5.97 Å². The molecule has 0 aliphatic rings. The lowest BCUT2D eigenvalue weighted by Gasteiger charge is -2.16. The highest BCUT2D eigenvalue weighted by molar-refractivity contribution is 5.76. The summed E-state index contributed by atoms with van der Waals surface area (Å²) in [5, 5.41) is 12.1. The summed E-state index contributed by atoms with van der Waals surface area (Å²) in [4.78, 5) is 11.2. The van der Waals surface area contributed by atoms with Crippen LogP contribution in [-0.2, 0) is 4.79 Å². The number of carbonyl (C=O) groups is 1. The molecule has 18 heavy (non-hydrogen) atoms. The van der Waals surface area contributed by atoms with E-state index in [1.165, 1.54) is 0 Å². The standard InChI is InChI=1S/C13H19NO4/c1-4-14-12(13(15)16)9-6-7-10(17-3)11(8-9)18-5-2/h6-8,12,14H,4-5H2,1-3H3,(H,15,16). The number of rotatable bonds is 7. The zero-order valence-corrected chi connectivity index (χ0v) is 10.9. The topological polar surface area (TPSA) is 67.8 Å². The van der Waals surface area contributed by atoms with Crippen molar-refractivity contribution in [2.24, 2.45) is 0 Å². The lowest BCUT2D eigenvalue weighted by Crippen LogP contribution is -2.28. The van der Waals surface area contributed by atoms with Gasteiger partial charge in [-0.25, -0.2) is 0 Å². The zero-order chi connectivity index (χ0) is 13.5. The van der Waals surface area contributed by atoms with E-state index < -0.39 is 12.0 Å². The monoisotopic (exact) mass is 253 g/mol. The van der Waals surface area contributed by atoms with Crippen LogP contribution in [0.25, 0.3) is 0 Å². The third-order valence-electron chi connectivity index (χ3n) is 2.48. The largest absolute Gasteiger partial charge is 0.493 e. The minimum atomic E-state index is -0.913. The summed E-state index contributed by atoms with van der Waals surface area (Å²) in [5.41, 5.74) is 0.647. The molecule has 0 aromatic heterocycles. The van der Waals surface area contributed by atoms with Crippen molar-refractivity contribution < 1.29 is 19.4 Å². The number of benzene rings is 1.